The standard InChI is InChI=1S/C21H21NO4S2/c1-3-10-27-21(19(20(23)24-4-2)16-6-5-9-22-12-16)28-13-15-7-8-17-18(11-15)26-14-25-17/h3,5-9,11-12H,1,4,10,13-14H2,2H3/b21-19-. The number of ether oxygens (including phenoxy) is 3. The average molecular weight is 416 g/mol. The molecule has 0 fully saturated rings. The lowest BCUT2D eigenvalue weighted by atomic mass is 10.1. The predicted octanol–water partition coefficient (Wildman–Crippen LogP) is 4.89. The van der Waals surface area contributed by atoms with Gasteiger partial charge in [-0.15, -0.1) is 30.1 Å². The number of nitrogens with zero attached hydrogens (tertiary/aromatic N) is 1. The summed E-state index contributed by atoms with van der Waals surface area (Å²) in [6.07, 6.45) is 5.18. The van der Waals surface area contributed by atoms with Gasteiger partial charge in [-0.1, -0.05) is 18.2 Å². The van der Waals surface area contributed by atoms with E-state index in [4.69, 9.17) is 14.2 Å². The van der Waals surface area contributed by atoms with Gasteiger partial charge in [-0.3, -0.25) is 4.98 Å². The highest BCUT2D eigenvalue weighted by atomic mass is 32.2. The Bertz CT molecular complexity index is 868. The molecule has 146 valence electrons. The van der Waals surface area contributed by atoms with Crippen LogP contribution in [0.2, 0.25) is 0 Å². The second kappa shape index (κ2) is 10.2. The molecule has 0 spiro atoms. The first kappa shape index (κ1) is 20.4. The maximum atomic E-state index is 12.7. The van der Waals surface area contributed by atoms with E-state index in [0.717, 1.165) is 26.9 Å². The molecule has 0 aliphatic carbocycles. The Morgan fingerprint density at radius 3 is 2.89 bits per heavy atom. The van der Waals surface area contributed by atoms with Crippen LogP contribution in [0.1, 0.15) is 18.1 Å². The van der Waals surface area contributed by atoms with Gasteiger partial charge in [-0.05, 0) is 30.7 Å². The van der Waals surface area contributed by atoms with Crippen molar-refractivity contribution < 1.29 is 19.0 Å². The topological polar surface area (TPSA) is 57.7 Å². The van der Waals surface area contributed by atoms with Crippen LogP contribution < -0.4 is 9.47 Å². The van der Waals surface area contributed by atoms with E-state index in [-0.39, 0.29) is 12.8 Å². The molecule has 0 saturated heterocycles. The molecule has 3 rings (SSSR count). The zero-order chi connectivity index (χ0) is 19.8. The third-order valence-corrected chi connectivity index (χ3v) is 6.29. The Morgan fingerprint density at radius 2 is 2.14 bits per heavy atom. The molecular weight excluding hydrogens is 394 g/mol. The fraction of sp³-hybridized carbons (Fsp3) is 0.238. The minimum atomic E-state index is -0.347. The fourth-order valence-corrected chi connectivity index (χ4v) is 4.68. The van der Waals surface area contributed by atoms with Crippen molar-refractivity contribution in [2.24, 2.45) is 0 Å². The predicted molar refractivity (Wildman–Crippen MR) is 114 cm³/mol. The van der Waals surface area contributed by atoms with E-state index in [1.165, 1.54) is 0 Å². The summed E-state index contributed by atoms with van der Waals surface area (Å²) in [5.41, 5.74) is 2.36. The van der Waals surface area contributed by atoms with Crippen molar-refractivity contribution in [1.29, 1.82) is 0 Å². The lowest BCUT2D eigenvalue weighted by Crippen LogP contribution is -2.08. The molecule has 0 radical (unpaired) electrons. The zero-order valence-corrected chi connectivity index (χ0v) is 17.2. The van der Waals surface area contributed by atoms with Crippen LogP contribution in [-0.2, 0) is 15.3 Å². The maximum absolute atomic E-state index is 12.7. The maximum Gasteiger partial charge on any atom is 0.340 e. The molecule has 0 atom stereocenters. The third-order valence-electron chi connectivity index (χ3n) is 3.77. The van der Waals surface area contributed by atoms with Crippen LogP contribution in [0.3, 0.4) is 0 Å². The van der Waals surface area contributed by atoms with E-state index >= 15 is 0 Å². The smallest absolute Gasteiger partial charge is 0.340 e. The number of thioether (sulfide) groups is 2. The highest BCUT2D eigenvalue weighted by molar-refractivity contribution is 8.22. The van der Waals surface area contributed by atoms with Gasteiger partial charge in [0.25, 0.3) is 0 Å². The summed E-state index contributed by atoms with van der Waals surface area (Å²) in [6.45, 7) is 6.16. The van der Waals surface area contributed by atoms with Gasteiger partial charge in [0, 0.05) is 29.5 Å². The number of fused-ring (bicyclic) bond motifs is 1. The summed E-state index contributed by atoms with van der Waals surface area (Å²) in [5, 5.41) is 0. The molecule has 1 aromatic heterocycles. The number of esters is 1. The highest BCUT2D eigenvalue weighted by Crippen LogP contribution is 2.40. The molecule has 7 heteroatoms. The minimum absolute atomic E-state index is 0.250. The molecule has 1 aromatic carbocycles. The Kier molecular flexibility index (Phi) is 7.45. The van der Waals surface area contributed by atoms with Gasteiger partial charge in [0.1, 0.15) is 0 Å². The van der Waals surface area contributed by atoms with Gasteiger partial charge in [0.2, 0.25) is 6.79 Å². The summed E-state index contributed by atoms with van der Waals surface area (Å²) in [7, 11) is 0. The number of benzene rings is 1. The van der Waals surface area contributed by atoms with Gasteiger partial charge in [-0.25, -0.2) is 4.79 Å². The van der Waals surface area contributed by atoms with E-state index in [0.29, 0.717) is 23.7 Å². The third kappa shape index (κ3) is 5.11. The van der Waals surface area contributed by atoms with Crippen molar-refractivity contribution in [3.8, 4) is 11.5 Å². The number of pyridine rings is 1. The molecule has 1 aliphatic heterocycles. The second-order valence-electron chi connectivity index (χ2n) is 5.70. The summed E-state index contributed by atoms with van der Waals surface area (Å²) in [6, 6.07) is 9.57. The summed E-state index contributed by atoms with van der Waals surface area (Å²) in [4.78, 5) is 16.9. The van der Waals surface area contributed by atoms with Crippen molar-refractivity contribution >= 4 is 35.1 Å². The molecule has 0 unspecified atom stereocenters. The first-order chi connectivity index (χ1) is 13.7. The summed E-state index contributed by atoms with van der Waals surface area (Å²) < 4.78 is 17.0. The van der Waals surface area contributed by atoms with Crippen molar-refractivity contribution in [1.82, 2.24) is 4.98 Å². The van der Waals surface area contributed by atoms with E-state index < -0.39 is 0 Å². The van der Waals surface area contributed by atoms with E-state index in [1.54, 1.807) is 42.8 Å². The van der Waals surface area contributed by atoms with Crippen LogP contribution in [-0.4, -0.2) is 30.1 Å². The van der Waals surface area contributed by atoms with Gasteiger partial charge in [-0.2, -0.15) is 0 Å². The fourth-order valence-electron chi connectivity index (χ4n) is 2.53. The summed E-state index contributed by atoms with van der Waals surface area (Å²) >= 11 is 3.15. The lowest BCUT2D eigenvalue weighted by Gasteiger charge is -2.14. The molecule has 0 bridgehead atoms. The van der Waals surface area contributed by atoms with Crippen LogP contribution in [0, 0.1) is 0 Å². The molecule has 5 nitrogen and oxygen atoms in total. The Hall–Kier alpha value is -2.38. The van der Waals surface area contributed by atoms with Gasteiger partial charge < -0.3 is 14.2 Å². The molecule has 2 aromatic rings. The number of rotatable bonds is 9. The van der Waals surface area contributed by atoms with Crippen molar-refractivity contribution in [2.45, 2.75) is 12.7 Å². The van der Waals surface area contributed by atoms with E-state index in [1.807, 2.05) is 36.4 Å². The van der Waals surface area contributed by atoms with Gasteiger partial charge >= 0.3 is 5.97 Å². The van der Waals surface area contributed by atoms with Crippen LogP contribution in [0.4, 0.5) is 0 Å². The largest absolute Gasteiger partial charge is 0.462 e. The van der Waals surface area contributed by atoms with Crippen LogP contribution in [0.15, 0.2) is 59.6 Å². The number of carbonyl (C=O) groups is 1. The molecule has 1 aliphatic rings. The van der Waals surface area contributed by atoms with Crippen molar-refractivity contribution in [2.75, 3.05) is 19.2 Å². The van der Waals surface area contributed by atoms with E-state index in [9.17, 15) is 4.79 Å². The zero-order valence-electron chi connectivity index (χ0n) is 15.6. The van der Waals surface area contributed by atoms with Gasteiger partial charge in [0.15, 0.2) is 11.5 Å². The monoisotopic (exact) mass is 415 g/mol. The molecule has 0 N–H and O–H groups in total. The van der Waals surface area contributed by atoms with E-state index in [2.05, 4.69) is 11.6 Å². The van der Waals surface area contributed by atoms with Crippen molar-refractivity contribution in [3.05, 3.63) is 70.7 Å². The average Bonchev–Trinajstić information content (AvgIpc) is 3.18. The molecule has 28 heavy (non-hydrogen) atoms. The lowest BCUT2D eigenvalue weighted by molar-refractivity contribution is -0.136. The van der Waals surface area contributed by atoms with Gasteiger partial charge in [0.05, 0.1) is 16.4 Å². The van der Waals surface area contributed by atoms with Crippen LogP contribution in [0.5, 0.6) is 11.5 Å². The highest BCUT2D eigenvalue weighted by Gasteiger charge is 2.21. The molecule has 2 heterocycles. The SMILES string of the molecule is C=CCS/C(SCc1ccc2c(c1)OCO2)=C(/C(=O)OCC)c1cccnc1. The molecule has 0 amide bonds. The first-order valence-corrected chi connectivity index (χ1v) is 10.8. The number of carbonyl (C=O) groups excluding carboxylic acids is 1. The van der Waals surface area contributed by atoms with Crippen molar-refractivity contribution in [3.63, 3.8) is 0 Å². The quantitative estimate of drug-likeness (QED) is 0.328. The van der Waals surface area contributed by atoms with Crippen LogP contribution >= 0.6 is 23.5 Å². The Morgan fingerprint density at radius 1 is 1.29 bits per heavy atom. The molecular formula is C21H21NO4S2. The number of hydrogen-bond acceptors (Lipinski definition) is 7. The second-order valence-corrected chi connectivity index (χ2v) is 7.97. The Labute approximate surface area is 173 Å². The number of aromatic nitrogens is 1. The molecule has 0 saturated carbocycles. The Balaban J connectivity index is 1.90. The summed E-state index contributed by atoms with van der Waals surface area (Å²) in [5.74, 6) is 2.53. The first-order valence-electron chi connectivity index (χ1n) is 8.79. The normalized spacial score (nSPS) is 13.0. The minimum Gasteiger partial charge on any atom is -0.462 e. The number of hydrogen-bond donors (Lipinski definition) is 0. The van der Waals surface area contributed by atoms with Crippen LogP contribution in [0.25, 0.3) is 5.57 Å².